The quantitative estimate of drug-likeness (QED) is 0.829. The fraction of sp³-hybridized carbons (Fsp3) is 0.650. The lowest BCUT2D eigenvalue weighted by Crippen LogP contribution is -2.50. The number of amides is 1. The fourth-order valence-electron chi connectivity index (χ4n) is 3.71. The number of carbonyl (C=O) groups excluding carboxylic acids is 1. The first kappa shape index (κ1) is 17.4. The van der Waals surface area contributed by atoms with Gasteiger partial charge in [0, 0.05) is 45.8 Å². The topological polar surface area (TPSA) is 26.8 Å². The lowest BCUT2D eigenvalue weighted by Gasteiger charge is -2.35. The van der Waals surface area contributed by atoms with Gasteiger partial charge in [-0.25, -0.2) is 0 Å². The SMILES string of the molecule is O=C(CN1CCN(CCc2ccccc2)CC1)N1CCCCCC1. The second kappa shape index (κ2) is 9.19. The van der Waals surface area contributed by atoms with Crippen molar-refractivity contribution in [2.45, 2.75) is 32.1 Å². The van der Waals surface area contributed by atoms with E-state index in [1.54, 1.807) is 0 Å². The van der Waals surface area contributed by atoms with Crippen LogP contribution in [-0.4, -0.2) is 73.0 Å². The Morgan fingerprint density at radius 2 is 1.42 bits per heavy atom. The van der Waals surface area contributed by atoms with Crippen molar-refractivity contribution in [3.05, 3.63) is 35.9 Å². The molecule has 2 aliphatic heterocycles. The Balaban J connectivity index is 1.36. The summed E-state index contributed by atoms with van der Waals surface area (Å²) in [6.07, 6.45) is 6.04. The fourth-order valence-corrected chi connectivity index (χ4v) is 3.71. The van der Waals surface area contributed by atoms with Crippen LogP contribution in [0.5, 0.6) is 0 Å². The van der Waals surface area contributed by atoms with Crippen LogP contribution in [0, 0.1) is 0 Å². The van der Waals surface area contributed by atoms with E-state index in [0.29, 0.717) is 12.5 Å². The van der Waals surface area contributed by atoms with Gasteiger partial charge in [0.2, 0.25) is 5.91 Å². The van der Waals surface area contributed by atoms with Crippen LogP contribution < -0.4 is 0 Å². The summed E-state index contributed by atoms with van der Waals surface area (Å²) in [7, 11) is 0. The van der Waals surface area contributed by atoms with E-state index in [0.717, 1.165) is 52.2 Å². The zero-order valence-electron chi connectivity index (χ0n) is 14.8. The van der Waals surface area contributed by atoms with E-state index in [1.807, 2.05) is 0 Å². The molecule has 0 radical (unpaired) electrons. The summed E-state index contributed by atoms with van der Waals surface area (Å²) in [6, 6.07) is 10.7. The zero-order valence-corrected chi connectivity index (χ0v) is 14.8. The molecular formula is C20H31N3O. The van der Waals surface area contributed by atoms with Crippen LogP contribution in [0.3, 0.4) is 0 Å². The standard InChI is InChI=1S/C20H31N3O/c24-20(23-11-6-1-2-7-12-23)18-22-16-14-21(15-17-22)13-10-19-8-4-3-5-9-19/h3-5,8-9H,1-2,6-7,10-18H2. The number of carbonyl (C=O) groups is 1. The number of nitrogens with zero attached hydrogens (tertiary/aromatic N) is 3. The molecule has 24 heavy (non-hydrogen) atoms. The average Bonchev–Trinajstić information content (AvgIpc) is 2.91. The first-order valence-electron chi connectivity index (χ1n) is 9.58. The van der Waals surface area contributed by atoms with Gasteiger partial charge in [-0.3, -0.25) is 9.69 Å². The summed E-state index contributed by atoms with van der Waals surface area (Å²) >= 11 is 0. The molecule has 2 fully saturated rings. The highest BCUT2D eigenvalue weighted by atomic mass is 16.2. The number of piperazine rings is 1. The van der Waals surface area contributed by atoms with Crippen LogP contribution in [0.2, 0.25) is 0 Å². The number of rotatable bonds is 5. The maximum Gasteiger partial charge on any atom is 0.236 e. The van der Waals surface area contributed by atoms with Gasteiger partial charge in [0.1, 0.15) is 0 Å². The van der Waals surface area contributed by atoms with Crippen molar-refractivity contribution in [1.82, 2.24) is 14.7 Å². The summed E-state index contributed by atoms with van der Waals surface area (Å²) in [6.45, 7) is 7.89. The molecule has 0 aliphatic carbocycles. The Morgan fingerprint density at radius 1 is 0.792 bits per heavy atom. The molecule has 2 heterocycles. The highest BCUT2D eigenvalue weighted by Crippen LogP contribution is 2.11. The maximum atomic E-state index is 12.5. The van der Waals surface area contributed by atoms with Gasteiger partial charge in [-0.1, -0.05) is 43.2 Å². The van der Waals surface area contributed by atoms with Crippen LogP contribution in [0.1, 0.15) is 31.2 Å². The molecule has 2 aliphatic rings. The van der Waals surface area contributed by atoms with Crippen molar-refractivity contribution in [1.29, 1.82) is 0 Å². The largest absolute Gasteiger partial charge is 0.342 e. The molecule has 4 nitrogen and oxygen atoms in total. The van der Waals surface area contributed by atoms with E-state index in [4.69, 9.17) is 0 Å². The zero-order chi connectivity index (χ0) is 16.6. The molecule has 2 saturated heterocycles. The van der Waals surface area contributed by atoms with E-state index < -0.39 is 0 Å². The number of benzene rings is 1. The van der Waals surface area contributed by atoms with E-state index in [2.05, 4.69) is 45.0 Å². The van der Waals surface area contributed by atoms with Crippen molar-refractivity contribution in [2.24, 2.45) is 0 Å². The monoisotopic (exact) mass is 329 g/mol. The number of hydrogen-bond donors (Lipinski definition) is 0. The first-order valence-corrected chi connectivity index (χ1v) is 9.58. The summed E-state index contributed by atoms with van der Waals surface area (Å²) in [5.74, 6) is 0.342. The van der Waals surface area contributed by atoms with Gasteiger partial charge < -0.3 is 9.80 Å². The van der Waals surface area contributed by atoms with Gasteiger partial charge in [0.15, 0.2) is 0 Å². The van der Waals surface area contributed by atoms with Crippen LogP contribution >= 0.6 is 0 Å². The van der Waals surface area contributed by atoms with Crippen molar-refractivity contribution in [2.75, 3.05) is 52.4 Å². The maximum absolute atomic E-state index is 12.5. The van der Waals surface area contributed by atoms with Crippen LogP contribution in [0.25, 0.3) is 0 Å². The molecular weight excluding hydrogens is 298 g/mol. The van der Waals surface area contributed by atoms with Crippen molar-refractivity contribution in [3.63, 3.8) is 0 Å². The third-order valence-corrected chi connectivity index (χ3v) is 5.34. The molecule has 1 aromatic rings. The molecule has 0 N–H and O–H groups in total. The Labute approximate surface area is 146 Å². The molecule has 0 spiro atoms. The smallest absolute Gasteiger partial charge is 0.236 e. The Hall–Kier alpha value is -1.39. The summed E-state index contributed by atoms with van der Waals surface area (Å²) in [5.41, 5.74) is 1.41. The minimum Gasteiger partial charge on any atom is -0.342 e. The molecule has 0 aromatic heterocycles. The lowest BCUT2D eigenvalue weighted by atomic mass is 10.1. The Kier molecular flexibility index (Phi) is 6.67. The summed E-state index contributed by atoms with van der Waals surface area (Å²) < 4.78 is 0. The molecule has 0 bridgehead atoms. The van der Waals surface area contributed by atoms with E-state index in [-0.39, 0.29) is 0 Å². The Morgan fingerprint density at radius 3 is 2.08 bits per heavy atom. The van der Waals surface area contributed by atoms with E-state index in [1.165, 1.54) is 31.2 Å². The molecule has 0 saturated carbocycles. The predicted molar refractivity (Wildman–Crippen MR) is 98.1 cm³/mol. The van der Waals surface area contributed by atoms with Gasteiger partial charge >= 0.3 is 0 Å². The highest BCUT2D eigenvalue weighted by molar-refractivity contribution is 5.78. The lowest BCUT2D eigenvalue weighted by molar-refractivity contribution is -0.132. The highest BCUT2D eigenvalue weighted by Gasteiger charge is 2.22. The molecule has 132 valence electrons. The molecule has 0 atom stereocenters. The molecule has 3 rings (SSSR count). The summed E-state index contributed by atoms with van der Waals surface area (Å²) in [5, 5.41) is 0. The molecule has 0 unspecified atom stereocenters. The number of hydrogen-bond acceptors (Lipinski definition) is 3. The minimum absolute atomic E-state index is 0.342. The number of likely N-dealkylation sites (tertiary alicyclic amines) is 1. The van der Waals surface area contributed by atoms with Gasteiger partial charge in [-0.05, 0) is 24.8 Å². The third-order valence-electron chi connectivity index (χ3n) is 5.34. The van der Waals surface area contributed by atoms with Crippen molar-refractivity contribution < 1.29 is 4.79 Å². The van der Waals surface area contributed by atoms with E-state index in [9.17, 15) is 4.79 Å². The second-order valence-electron chi connectivity index (χ2n) is 7.15. The molecule has 4 heteroatoms. The predicted octanol–water partition coefficient (Wildman–Crippen LogP) is 2.25. The minimum atomic E-state index is 0.342. The third kappa shape index (κ3) is 5.32. The molecule has 1 aromatic carbocycles. The van der Waals surface area contributed by atoms with Crippen LogP contribution in [0.4, 0.5) is 0 Å². The normalized spacial score (nSPS) is 20.8. The average molecular weight is 329 g/mol. The van der Waals surface area contributed by atoms with Crippen LogP contribution in [-0.2, 0) is 11.2 Å². The molecule has 1 amide bonds. The van der Waals surface area contributed by atoms with Gasteiger partial charge in [-0.2, -0.15) is 0 Å². The van der Waals surface area contributed by atoms with Crippen LogP contribution in [0.15, 0.2) is 30.3 Å². The van der Waals surface area contributed by atoms with Gasteiger partial charge in [0.25, 0.3) is 0 Å². The van der Waals surface area contributed by atoms with Gasteiger partial charge in [-0.15, -0.1) is 0 Å². The first-order chi connectivity index (χ1) is 11.8. The van der Waals surface area contributed by atoms with E-state index >= 15 is 0 Å². The Bertz CT molecular complexity index is 489. The summed E-state index contributed by atoms with van der Waals surface area (Å²) in [4.78, 5) is 19.4. The van der Waals surface area contributed by atoms with Crippen molar-refractivity contribution >= 4 is 5.91 Å². The van der Waals surface area contributed by atoms with Crippen molar-refractivity contribution in [3.8, 4) is 0 Å². The van der Waals surface area contributed by atoms with Gasteiger partial charge in [0.05, 0.1) is 6.54 Å². The second-order valence-corrected chi connectivity index (χ2v) is 7.15.